The van der Waals surface area contributed by atoms with E-state index in [1.807, 2.05) is 54.6 Å². The van der Waals surface area contributed by atoms with Gasteiger partial charge in [0.25, 0.3) is 5.91 Å². The summed E-state index contributed by atoms with van der Waals surface area (Å²) in [5.41, 5.74) is 1.98. The van der Waals surface area contributed by atoms with Crippen molar-refractivity contribution in [2.24, 2.45) is 5.10 Å². The molecule has 0 bridgehead atoms. The summed E-state index contributed by atoms with van der Waals surface area (Å²) in [6, 6.07) is 25.0. The van der Waals surface area contributed by atoms with E-state index in [-0.39, 0.29) is 11.7 Å². The second kappa shape index (κ2) is 8.61. The van der Waals surface area contributed by atoms with Gasteiger partial charge in [-0.3, -0.25) is 4.79 Å². The minimum Gasteiger partial charge on any atom is -0.267 e. The lowest BCUT2D eigenvalue weighted by molar-refractivity contribution is 0.0989. The van der Waals surface area contributed by atoms with Crippen LogP contribution in [0.3, 0.4) is 0 Å². The van der Waals surface area contributed by atoms with Crippen molar-refractivity contribution in [1.82, 2.24) is 4.98 Å². The van der Waals surface area contributed by atoms with Crippen LogP contribution in [-0.4, -0.2) is 17.1 Å². The van der Waals surface area contributed by atoms with E-state index in [4.69, 9.17) is 0 Å². The van der Waals surface area contributed by atoms with Gasteiger partial charge in [-0.1, -0.05) is 75.8 Å². The van der Waals surface area contributed by atoms with E-state index in [0.717, 1.165) is 25.5 Å². The molecule has 4 aromatic carbocycles. The van der Waals surface area contributed by atoms with Crippen molar-refractivity contribution in [3.05, 3.63) is 106 Å². The first kappa shape index (κ1) is 20.5. The fourth-order valence-corrected chi connectivity index (χ4v) is 4.84. The van der Waals surface area contributed by atoms with Crippen LogP contribution < -0.4 is 5.01 Å². The predicted octanol–water partition coefficient (Wildman–Crippen LogP) is 7.03. The number of halogens is 2. The zero-order valence-corrected chi connectivity index (χ0v) is 19.0. The first-order chi connectivity index (χ1) is 15.6. The van der Waals surface area contributed by atoms with Gasteiger partial charge < -0.3 is 0 Å². The third kappa shape index (κ3) is 4.04. The molecule has 156 valence electrons. The monoisotopic (exact) mass is 503 g/mol. The second-order valence-electron chi connectivity index (χ2n) is 7.05. The summed E-state index contributed by atoms with van der Waals surface area (Å²) < 4.78 is 15.1. The summed E-state index contributed by atoms with van der Waals surface area (Å²) in [7, 11) is 0. The molecule has 0 fully saturated rings. The predicted molar refractivity (Wildman–Crippen MR) is 132 cm³/mol. The molecule has 0 radical (unpaired) electrons. The number of amides is 1. The number of anilines is 1. The Balaban J connectivity index is 1.62. The average molecular weight is 504 g/mol. The van der Waals surface area contributed by atoms with Crippen molar-refractivity contribution in [3.8, 4) is 0 Å². The largest absolute Gasteiger partial charge is 0.281 e. The maximum absolute atomic E-state index is 13.7. The van der Waals surface area contributed by atoms with Gasteiger partial charge in [0.1, 0.15) is 5.82 Å². The van der Waals surface area contributed by atoms with Crippen LogP contribution in [-0.2, 0) is 0 Å². The van der Waals surface area contributed by atoms with E-state index in [1.54, 1.807) is 18.2 Å². The first-order valence-electron chi connectivity index (χ1n) is 9.76. The number of rotatable bonds is 4. The van der Waals surface area contributed by atoms with E-state index in [2.05, 4.69) is 26.0 Å². The van der Waals surface area contributed by atoms with Gasteiger partial charge in [-0.05, 0) is 52.7 Å². The smallest absolute Gasteiger partial charge is 0.267 e. The third-order valence-corrected chi connectivity index (χ3v) is 6.41. The van der Waals surface area contributed by atoms with Crippen LogP contribution in [0, 0.1) is 5.82 Å². The van der Waals surface area contributed by atoms with E-state index in [1.165, 1.54) is 34.7 Å². The summed E-state index contributed by atoms with van der Waals surface area (Å²) in [6.07, 6.45) is 1.53. The SMILES string of the molecule is O=C(c1cccc2ccccc12)N(/N=C/c1ccc(F)cc1)c1nc2ccc(Br)cc2s1. The molecule has 4 nitrogen and oxygen atoms in total. The Morgan fingerprint density at radius 3 is 2.62 bits per heavy atom. The number of hydrazone groups is 1. The van der Waals surface area contributed by atoms with E-state index in [9.17, 15) is 9.18 Å². The molecule has 0 aliphatic heterocycles. The third-order valence-electron chi connectivity index (χ3n) is 4.93. The Hall–Kier alpha value is -3.42. The Morgan fingerprint density at radius 1 is 1.00 bits per heavy atom. The van der Waals surface area contributed by atoms with Crippen molar-refractivity contribution < 1.29 is 9.18 Å². The number of fused-ring (bicyclic) bond motifs is 2. The van der Waals surface area contributed by atoms with E-state index < -0.39 is 0 Å². The molecule has 0 aliphatic rings. The van der Waals surface area contributed by atoms with Crippen LogP contribution in [0.4, 0.5) is 9.52 Å². The number of carbonyl (C=O) groups excluding carboxylic acids is 1. The molecular formula is C25H15BrFN3OS. The van der Waals surface area contributed by atoms with Crippen molar-refractivity contribution >= 4 is 65.5 Å². The Kier molecular flexibility index (Phi) is 5.51. The molecule has 32 heavy (non-hydrogen) atoms. The van der Waals surface area contributed by atoms with Gasteiger partial charge in [-0.2, -0.15) is 10.1 Å². The van der Waals surface area contributed by atoms with Gasteiger partial charge >= 0.3 is 0 Å². The van der Waals surface area contributed by atoms with Crippen molar-refractivity contribution in [2.45, 2.75) is 0 Å². The van der Waals surface area contributed by atoms with Crippen molar-refractivity contribution in [1.29, 1.82) is 0 Å². The molecule has 7 heteroatoms. The summed E-state index contributed by atoms with van der Waals surface area (Å²) in [5, 5.41) is 8.04. The second-order valence-corrected chi connectivity index (χ2v) is 8.97. The summed E-state index contributed by atoms with van der Waals surface area (Å²) >= 11 is 4.85. The van der Waals surface area contributed by atoms with E-state index >= 15 is 0 Å². The van der Waals surface area contributed by atoms with Crippen molar-refractivity contribution in [3.63, 3.8) is 0 Å². The minimum absolute atomic E-state index is 0.293. The molecule has 0 N–H and O–H groups in total. The van der Waals surface area contributed by atoms with E-state index in [0.29, 0.717) is 16.3 Å². The lowest BCUT2D eigenvalue weighted by Crippen LogP contribution is -2.25. The maximum atomic E-state index is 13.7. The van der Waals surface area contributed by atoms with Gasteiger partial charge in [-0.15, -0.1) is 0 Å². The fraction of sp³-hybridized carbons (Fsp3) is 0. The summed E-state index contributed by atoms with van der Waals surface area (Å²) in [4.78, 5) is 18.3. The number of benzene rings is 4. The molecule has 0 aliphatic carbocycles. The summed E-state index contributed by atoms with van der Waals surface area (Å²) in [5.74, 6) is -0.624. The highest BCUT2D eigenvalue weighted by molar-refractivity contribution is 9.10. The van der Waals surface area contributed by atoms with Crippen LogP contribution in [0.2, 0.25) is 0 Å². The maximum Gasteiger partial charge on any atom is 0.281 e. The highest BCUT2D eigenvalue weighted by Gasteiger charge is 2.22. The van der Waals surface area contributed by atoms with Gasteiger partial charge in [0, 0.05) is 10.0 Å². The number of nitrogens with zero attached hydrogens (tertiary/aromatic N) is 3. The number of aromatic nitrogens is 1. The van der Waals surface area contributed by atoms with Gasteiger partial charge in [0.05, 0.1) is 16.4 Å². The highest BCUT2D eigenvalue weighted by Crippen LogP contribution is 2.32. The highest BCUT2D eigenvalue weighted by atomic mass is 79.9. The standard InChI is InChI=1S/C25H15BrFN3OS/c26-18-10-13-22-23(14-18)32-25(29-22)30(28-15-16-8-11-19(27)12-9-16)24(31)21-7-3-5-17-4-1-2-6-20(17)21/h1-15H/b28-15+. The Morgan fingerprint density at radius 2 is 1.78 bits per heavy atom. The molecule has 0 saturated heterocycles. The number of hydrogen-bond acceptors (Lipinski definition) is 4. The summed E-state index contributed by atoms with van der Waals surface area (Å²) in [6.45, 7) is 0. The topological polar surface area (TPSA) is 45.6 Å². The van der Waals surface area contributed by atoms with Crippen LogP contribution in [0.25, 0.3) is 21.0 Å². The molecule has 1 heterocycles. The minimum atomic E-state index is -0.331. The Bertz CT molecular complexity index is 1470. The van der Waals surface area contributed by atoms with Gasteiger partial charge in [0.2, 0.25) is 5.13 Å². The average Bonchev–Trinajstić information content (AvgIpc) is 3.22. The molecule has 0 spiro atoms. The van der Waals surface area contributed by atoms with Gasteiger partial charge in [-0.25, -0.2) is 9.37 Å². The molecule has 0 saturated carbocycles. The van der Waals surface area contributed by atoms with Crippen LogP contribution >= 0.6 is 27.3 Å². The molecule has 5 aromatic rings. The zero-order valence-electron chi connectivity index (χ0n) is 16.6. The number of thiazole rings is 1. The van der Waals surface area contributed by atoms with Crippen LogP contribution in [0.1, 0.15) is 15.9 Å². The number of hydrogen-bond donors (Lipinski definition) is 0. The molecule has 1 amide bonds. The van der Waals surface area contributed by atoms with Gasteiger partial charge in [0.15, 0.2) is 0 Å². The quantitative estimate of drug-likeness (QED) is 0.195. The molecule has 5 rings (SSSR count). The molecule has 0 unspecified atom stereocenters. The molecule has 0 atom stereocenters. The normalized spacial score (nSPS) is 11.4. The Labute approximate surface area is 195 Å². The molecule has 1 aromatic heterocycles. The van der Waals surface area contributed by atoms with Crippen molar-refractivity contribution in [2.75, 3.05) is 5.01 Å². The fourth-order valence-electron chi connectivity index (χ4n) is 3.36. The van der Waals surface area contributed by atoms with Crippen LogP contribution in [0.5, 0.6) is 0 Å². The van der Waals surface area contributed by atoms with Crippen LogP contribution in [0.15, 0.2) is 94.5 Å². The number of carbonyl (C=O) groups is 1. The zero-order chi connectivity index (χ0) is 22.1. The molecular weight excluding hydrogens is 489 g/mol. The first-order valence-corrected chi connectivity index (χ1v) is 11.4. The lowest BCUT2D eigenvalue weighted by Gasteiger charge is -2.15. The lowest BCUT2D eigenvalue weighted by atomic mass is 10.0.